The summed E-state index contributed by atoms with van der Waals surface area (Å²) in [6.45, 7) is -1.52. The van der Waals surface area contributed by atoms with E-state index in [9.17, 15) is 22.8 Å². The summed E-state index contributed by atoms with van der Waals surface area (Å²) >= 11 is 0. The molecule has 0 aromatic rings. The third-order valence-electron chi connectivity index (χ3n) is 1.66. The molecule has 0 aromatic carbocycles. The molecule has 1 saturated heterocycles. The van der Waals surface area contributed by atoms with Crippen LogP contribution in [0.15, 0.2) is 0 Å². The number of rotatable bonds is 1. The largest absolute Gasteiger partial charge is 0.440 e. The highest BCUT2D eigenvalue weighted by Crippen LogP contribution is 2.15. The number of nitrogens with one attached hydrogen (secondary N) is 1. The van der Waals surface area contributed by atoms with Crippen LogP contribution in [0, 0.1) is 0 Å². The van der Waals surface area contributed by atoms with Crippen molar-refractivity contribution in [2.45, 2.75) is 6.18 Å². The minimum atomic E-state index is -4.55. The van der Waals surface area contributed by atoms with Gasteiger partial charge in [0.25, 0.3) is 0 Å². The van der Waals surface area contributed by atoms with Gasteiger partial charge in [-0.3, -0.25) is 9.69 Å². The summed E-state index contributed by atoms with van der Waals surface area (Å²) in [5.74, 6) is -0.412. The first kappa shape index (κ1) is 11.6. The summed E-state index contributed by atoms with van der Waals surface area (Å²) in [4.78, 5) is 22.7. The molecule has 1 aliphatic heterocycles. The first-order valence-electron chi connectivity index (χ1n) is 4.13. The molecule has 1 fully saturated rings. The van der Waals surface area contributed by atoms with E-state index in [0.29, 0.717) is 0 Å². The molecule has 0 spiro atoms. The van der Waals surface area contributed by atoms with E-state index in [4.69, 9.17) is 0 Å². The number of alkyl halides is 3. The van der Waals surface area contributed by atoms with E-state index < -0.39 is 24.8 Å². The van der Waals surface area contributed by atoms with Crippen LogP contribution in [0.3, 0.4) is 0 Å². The highest BCUT2D eigenvalue weighted by atomic mass is 19.4. The fourth-order valence-electron chi connectivity index (χ4n) is 1.03. The Kier molecular flexibility index (Phi) is 3.38. The molecule has 2 amide bonds. The summed E-state index contributed by atoms with van der Waals surface area (Å²) in [6.07, 6.45) is -5.67. The molecule has 0 unspecified atom stereocenters. The fraction of sp³-hybridized carbons (Fsp3) is 0.714. The van der Waals surface area contributed by atoms with E-state index in [0.717, 1.165) is 4.90 Å². The Hall–Kier alpha value is -1.47. The third kappa shape index (κ3) is 4.05. The van der Waals surface area contributed by atoms with Gasteiger partial charge in [-0.05, 0) is 0 Å². The number of amides is 2. The third-order valence-corrected chi connectivity index (χ3v) is 1.66. The second kappa shape index (κ2) is 4.37. The molecule has 1 heterocycles. The number of piperazine rings is 1. The van der Waals surface area contributed by atoms with Crippen molar-refractivity contribution in [1.29, 1.82) is 0 Å². The standard InChI is InChI=1S/C7H9F3N2O3/c8-7(9,10)4-15-6(14)12-2-1-11-5(13)3-12/h1-4H2,(H,11,13). The van der Waals surface area contributed by atoms with Gasteiger partial charge in [0.05, 0.1) is 0 Å². The molecule has 0 atom stereocenters. The topological polar surface area (TPSA) is 58.6 Å². The summed E-state index contributed by atoms with van der Waals surface area (Å²) in [6, 6.07) is 0. The monoisotopic (exact) mass is 226 g/mol. The fourth-order valence-corrected chi connectivity index (χ4v) is 1.03. The Morgan fingerprint density at radius 1 is 1.53 bits per heavy atom. The van der Waals surface area contributed by atoms with Gasteiger partial charge >= 0.3 is 12.3 Å². The van der Waals surface area contributed by atoms with Crippen LogP contribution in [0.4, 0.5) is 18.0 Å². The molecule has 5 nitrogen and oxygen atoms in total. The molecule has 0 saturated carbocycles. The highest BCUT2D eigenvalue weighted by Gasteiger charge is 2.31. The number of ether oxygens (including phenoxy) is 1. The lowest BCUT2D eigenvalue weighted by Crippen LogP contribution is -2.50. The summed E-state index contributed by atoms with van der Waals surface area (Å²) in [5, 5.41) is 2.43. The van der Waals surface area contributed by atoms with E-state index in [1.54, 1.807) is 0 Å². The molecule has 1 aliphatic rings. The summed E-state index contributed by atoms with van der Waals surface area (Å²) in [5.41, 5.74) is 0. The maximum atomic E-state index is 11.7. The minimum absolute atomic E-state index is 0.155. The molecule has 0 bridgehead atoms. The van der Waals surface area contributed by atoms with Crippen molar-refractivity contribution < 1.29 is 27.5 Å². The van der Waals surface area contributed by atoms with Crippen molar-refractivity contribution in [2.24, 2.45) is 0 Å². The molecular weight excluding hydrogens is 217 g/mol. The average molecular weight is 226 g/mol. The number of halogens is 3. The van der Waals surface area contributed by atoms with Crippen LogP contribution in [-0.4, -0.2) is 49.3 Å². The normalized spacial score (nSPS) is 17.3. The summed E-state index contributed by atoms with van der Waals surface area (Å²) < 4.78 is 39.0. The SMILES string of the molecule is O=C1CN(C(=O)OCC(F)(F)F)CCN1. The quantitative estimate of drug-likeness (QED) is 0.690. The zero-order valence-corrected chi connectivity index (χ0v) is 7.63. The number of hydrogen-bond donors (Lipinski definition) is 1. The van der Waals surface area contributed by atoms with Gasteiger partial charge in [-0.1, -0.05) is 0 Å². The highest BCUT2D eigenvalue weighted by molar-refractivity contribution is 5.83. The number of carbonyl (C=O) groups excluding carboxylic acids is 2. The molecule has 0 aromatic heterocycles. The lowest BCUT2D eigenvalue weighted by molar-refractivity contribution is -0.162. The molecule has 0 radical (unpaired) electrons. The van der Waals surface area contributed by atoms with Crippen molar-refractivity contribution in [3.05, 3.63) is 0 Å². The van der Waals surface area contributed by atoms with Crippen LogP contribution in [0.25, 0.3) is 0 Å². The lowest BCUT2D eigenvalue weighted by atomic mass is 10.4. The van der Waals surface area contributed by atoms with Crippen molar-refractivity contribution in [2.75, 3.05) is 26.2 Å². The van der Waals surface area contributed by atoms with Crippen molar-refractivity contribution in [3.8, 4) is 0 Å². The Bertz CT molecular complexity index is 267. The van der Waals surface area contributed by atoms with Gasteiger partial charge in [-0.15, -0.1) is 0 Å². The first-order chi connectivity index (χ1) is 6.88. The van der Waals surface area contributed by atoms with Gasteiger partial charge in [-0.2, -0.15) is 13.2 Å². The second-order valence-electron chi connectivity index (χ2n) is 2.94. The lowest BCUT2D eigenvalue weighted by Gasteiger charge is -2.25. The van der Waals surface area contributed by atoms with Crippen LogP contribution in [0.2, 0.25) is 0 Å². The van der Waals surface area contributed by atoms with Gasteiger partial charge in [-0.25, -0.2) is 4.79 Å². The second-order valence-corrected chi connectivity index (χ2v) is 2.94. The van der Waals surface area contributed by atoms with Crippen LogP contribution in [0.1, 0.15) is 0 Å². The number of nitrogens with zero attached hydrogens (tertiary/aromatic N) is 1. The van der Waals surface area contributed by atoms with E-state index in [2.05, 4.69) is 10.1 Å². The number of carbonyl (C=O) groups is 2. The van der Waals surface area contributed by atoms with E-state index in [-0.39, 0.29) is 19.6 Å². The van der Waals surface area contributed by atoms with Crippen LogP contribution in [0.5, 0.6) is 0 Å². The summed E-state index contributed by atoms with van der Waals surface area (Å²) in [7, 11) is 0. The predicted octanol–water partition coefficient (Wildman–Crippen LogP) is 0.117. The first-order valence-corrected chi connectivity index (χ1v) is 4.13. The van der Waals surface area contributed by atoms with Gasteiger partial charge in [0.2, 0.25) is 5.91 Å². The predicted molar refractivity (Wildman–Crippen MR) is 42.0 cm³/mol. The smallest absolute Gasteiger partial charge is 0.422 e. The van der Waals surface area contributed by atoms with Crippen LogP contribution < -0.4 is 5.32 Å². The van der Waals surface area contributed by atoms with Crippen molar-refractivity contribution >= 4 is 12.0 Å². The molecule has 0 aliphatic carbocycles. The number of hydrogen-bond acceptors (Lipinski definition) is 3. The zero-order chi connectivity index (χ0) is 11.5. The van der Waals surface area contributed by atoms with Gasteiger partial charge in [0.1, 0.15) is 6.54 Å². The maximum absolute atomic E-state index is 11.7. The minimum Gasteiger partial charge on any atom is -0.440 e. The molecule has 1 rings (SSSR count). The maximum Gasteiger partial charge on any atom is 0.422 e. The average Bonchev–Trinajstić information content (AvgIpc) is 2.13. The van der Waals surface area contributed by atoms with Gasteiger partial charge in [0.15, 0.2) is 6.61 Å². The molecule has 1 N–H and O–H groups in total. The van der Waals surface area contributed by atoms with E-state index in [1.165, 1.54) is 0 Å². The van der Waals surface area contributed by atoms with Crippen LogP contribution in [-0.2, 0) is 9.53 Å². The van der Waals surface area contributed by atoms with Crippen molar-refractivity contribution in [1.82, 2.24) is 10.2 Å². The van der Waals surface area contributed by atoms with Gasteiger partial charge in [0, 0.05) is 13.1 Å². The van der Waals surface area contributed by atoms with E-state index >= 15 is 0 Å². The Labute approximate surface area is 83.2 Å². The molecular formula is C7H9F3N2O3. The van der Waals surface area contributed by atoms with E-state index in [1.807, 2.05) is 0 Å². The van der Waals surface area contributed by atoms with Gasteiger partial charge < -0.3 is 10.1 Å². The Balaban J connectivity index is 2.36. The zero-order valence-electron chi connectivity index (χ0n) is 7.63. The molecule has 15 heavy (non-hydrogen) atoms. The molecule has 8 heteroatoms. The Morgan fingerprint density at radius 3 is 2.73 bits per heavy atom. The Morgan fingerprint density at radius 2 is 2.20 bits per heavy atom. The van der Waals surface area contributed by atoms with Crippen LogP contribution >= 0.6 is 0 Å². The van der Waals surface area contributed by atoms with Crippen molar-refractivity contribution in [3.63, 3.8) is 0 Å². The molecule has 86 valence electrons.